The number of aryl methyl sites for hydroxylation is 1. The summed E-state index contributed by atoms with van der Waals surface area (Å²) in [6, 6.07) is 12.5. The molecule has 1 saturated heterocycles. The Morgan fingerprint density at radius 2 is 1.88 bits per heavy atom. The van der Waals surface area contributed by atoms with E-state index in [1.165, 1.54) is 16.6 Å². The number of carboxylic acids is 1. The number of esters is 1. The maximum atomic E-state index is 13.6. The van der Waals surface area contributed by atoms with Crippen LogP contribution in [0.5, 0.6) is 17.2 Å². The van der Waals surface area contributed by atoms with Crippen molar-refractivity contribution in [1.29, 1.82) is 0 Å². The minimum Gasteiger partial charge on any atom is -0.493 e. The molecule has 4 rings (SSSR count). The Balaban J connectivity index is 1.59. The van der Waals surface area contributed by atoms with Gasteiger partial charge in [0.25, 0.3) is 0 Å². The highest BCUT2D eigenvalue weighted by Gasteiger charge is 2.40. The van der Waals surface area contributed by atoms with Gasteiger partial charge in [-0.1, -0.05) is 18.2 Å². The first kappa shape index (κ1) is 29.9. The minimum absolute atomic E-state index is 0.0227. The molecular formula is C29H33NO10S. The van der Waals surface area contributed by atoms with Crippen LogP contribution in [-0.4, -0.2) is 63.2 Å². The molecule has 1 fully saturated rings. The molecule has 1 aliphatic heterocycles. The van der Waals surface area contributed by atoms with Crippen LogP contribution in [0.2, 0.25) is 0 Å². The molecule has 0 radical (unpaired) electrons. The second-order valence-corrected chi connectivity index (χ2v) is 11.4. The van der Waals surface area contributed by atoms with Crippen LogP contribution in [-0.2, 0) is 30.8 Å². The van der Waals surface area contributed by atoms with Crippen molar-refractivity contribution in [2.75, 3.05) is 27.4 Å². The molecule has 1 aromatic heterocycles. The standard InChI is InChI=1S/C29H33NO10S/c1-36-26-12-10-20(16-27(26)37-2)9-11-25(21-6-5-7-22(17-21)39-19-28(31)32)40-29(33)24-8-3-4-14-30(24)41(34,35)23-13-15-38-18-23/h5-7,10,12-13,15-18,24-25H,3-4,8-9,11,14,19H2,1-2H3,(H,31,32)/t24?,25-/m1/s1. The lowest BCUT2D eigenvalue weighted by molar-refractivity contribution is -0.155. The monoisotopic (exact) mass is 587 g/mol. The lowest BCUT2D eigenvalue weighted by Crippen LogP contribution is -2.48. The topological polar surface area (TPSA) is 142 Å². The lowest BCUT2D eigenvalue weighted by atomic mass is 10.00. The zero-order valence-corrected chi connectivity index (χ0v) is 23.7. The zero-order valence-electron chi connectivity index (χ0n) is 22.9. The number of nitrogens with zero attached hydrogens (tertiary/aromatic N) is 1. The van der Waals surface area contributed by atoms with Crippen molar-refractivity contribution in [3.8, 4) is 17.2 Å². The van der Waals surface area contributed by atoms with E-state index in [4.69, 9.17) is 28.5 Å². The molecule has 1 aliphatic rings. The third kappa shape index (κ3) is 7.39. The van der Waals surface area contributed by atoms with Crippen molar-refractivity contribution in [2.24, 2.45) is 0 Å². The Kier molecular flexibility index (Phi) is 9.90. The van der Waals surface area contributed by atoms with Gasteiger partial charge in [0.15, 0.2) is 18.1 Å². The molecule has 3 aromatic rings. The van der Waals surface area contributed by atoms with Gasteiger partial charge in [-0.3, -0.25) is 4.79 Å². The van der Waals surface area contributed by atoms with Gasteiger partial charge in [0, 0.05) is 6.54 Å². The Labute approximate surface area is 238 Å². The van der Waals surface area contributed by atoms with Crippen LogP contribution in [0.1, 0.15) is 42.9 Å². The molecule has 2 aromatic carbocycles. The number of benzene rings is 2. The molecule has 41 heavy (non-hydrogen) atoms. The van der Waals surface area contributed by atoms with Gasteiger partial charge in [-0.15, -0.1) is 0 Å². The van der Waals surface area contributed by atoms with E-state index in [-0.39, 0.29) is 11.4 Å². The second-order valence-electron chi connectivity index (χ2n) is 9.49. The summed E-state index contributed by atoms with van der Waals surface area (Å²) < 4.78 is 54.8. The quantitative estimate of drug-likeness (QED) is 0.289. The Bertz CT molecular complexity index is 1440. The van der Waals surface area contributed by atoms with Crippen LogP contribution in [0.25, 0.3) is 0 Å². The van der Waals surface area contributed by atoms with Crippen LogP contribution >= 0.6 is 0 Å². The number of carbonyl (C=O) groups is 2. The number of hydrogen-bond donors (Lipinski definition) is 1. The molecule has 0 bridgehead atoms. The number of carboxylic acid groups (broad SMARTS) is 1. The number of furan rings is 1. The predicted octanol–water partition coefficient (Wildman–Crippen LogP) is 4.22. The minimum atomic E-state index is -3.97. The Morgan fingerprint density at radius 1 is 1.07 bits per heavy atom. The smallest absolute Gasteiger partial charge is 0.341 e. The van der Waals surface area contributed by atoms with Crippen LogP contribution < -0.4 is 14.2 Å². The lowest BCUT2D eigenvalue weighted by Gasteiger charge is -2.33. The third-order valence-corrected chi connectivity index (χ3v) is 8.70. The van der Waals surface area contributed by atoms with Crippen molar-refractivity contribution in [3.05, 3.63) is 72.2 Å². The number of carbonyl (C=O) groups excluding carboxylic acids is 1. The highest BCUT2D eigenvalue weighted by molar-refractivity contribution is 7.89. The van der Waals surface area contributed by atoms with Gasteiger partial charge in [0.1, 0.15) is 29.1 Å². The molecule has 1 N–H and O–H groups in total. The fraction of sp³-hybridized carbons (Fsp3) is 0.379. The number of methoxy groups -OCH3 is 2. The molecule has 1 unspecified atom stereocenters. The molecule has 220 valence electrons. The Morgan fingerprint density at radius 3 is 2.59 bits per heavy atom. The number of sulfonamides is 1. The molecule has 12 heteroatoms. The van der Waals surface area contributed by atoms with E-state index in [1.54, 1.807) is 44.6 Å². The van der Waals surface area contributed by atoms with E-state index < -0.39 is 40.7 Å². The maximum absolute atomic E-state index is 13.6. The fourth-order valence-corrected chi connectivity index (χ4v) is 6.33. The van der Waals surface area contributed by atoms with Gasteiger partial charge in [0.2, 0.25) is 10.0 Å². The summed E-state index contributed by atoms with van der Waals surface area (Å²) in [7, 11) is -0.874. The summed E-state index contributed by atoms with van der Waals surface area (Å²) in [6.45, 7) is -0.343. The van der Waals surface area contributed by atoms with E-state index in [0.29, 0.717) is 54.9 Å². The summed E-state index contributed by atoms with van der Waals surface area (Å²) in [5.41, 5.74) is 1.49. The van der Waals surface area contributed by atoms with Crippen LogP contribution in [0, 0.1) is 0 Å². The largest absolute Gasteiger partial charge is 0.493 e. The van der Waals surface area contributed by atoms with Gasteiger partial charge >= 0.3 is 11.9 Å². The normalized spacial score (nSPS) is 16.5. The van der Waals surface area contributed by atoms with Crippen molar-refractivity contribution in [1.82, 2.24) is 4.31 Å². The van der Waals surface area contributed by atoms with Gasteiger partial charge in [-0.25, -0.2) is 13.2 Å². The molecule has 0 spiro atoms. The molecule has 2 heterocycles. The SMILES string of the molecule is COc1ccc(CC[C@@H](OC(=O)C2CCCCN2S(=O)(=O)c2ccoc2)c2cccc(OCC(=O)O)c2)cc1OC. The van der Waals surface area contributed by atoms with Crippen LogP contribution in [0.4, 0.5) is 0 Å². The molecule has 2 atom stereocenters. The third-order valence-electron chi connectivity index (χ3n) is 6.82. The first-order valence-corrected chi connectivity index (χ1v) is 14.6. The van der Waals surface area contributed by atoms with Crippen molar-refractivity contribution >= 4 is 22.0 Å². The highest BCUT2D eigenvalue weighted by Crippen LogP contribution is 2.33. The van der Waals surface area contributed by atoms with Gasteiger partial charge < -0.3 is 28.5 Å². The van der Waals surface area contributed by atoms with Crippen molar-refractivity contribution in [3.63, 3.8) is 0 Å². The first-order chi connectivity index (χ1) is 19.7. The van der Waals surface area contributed by atoms with Crippen LogP contribution in [0.3, 0.4) is 0 Å². The summed E-state index contributed by atoms with van der Waals surface area (Å²) >= 11 is 0. The maximum Gasteiger partial charge on any atom is 0.341 e. The molecule has 0 saturated carbocycles. The summed E-state index contributed by atoms with van der Waals surface area (Å²) in [4.78, 5) is 24.6. The number of ether oxygens (including phenoxy) is 4. The summed E-state index contributed by atoms with van der Waals surface area (Å²) in [5.74, 6) is -0.337. The second kappa shape index (κ2) is 13.6. The number of aliphatic carboxylic acids is 1. The highest BCUT2D eigenvalue weighted by atomic mass is 32.2. The van der Waals surface area contributed by atoms with Gasteiger partial charge in [-0.05, 0) is 73.6 Å². The molecule has 0 aliphatic carbocycles. The van der Waals surface area contributed by atoms with Gasteiger partial charge in [-0.2, -0.15) is 4.31 Å². The molecule has 0 amide bonds. The fourth-order valence-electron chi connectivity index (χ4n) is 4.76. The van der Waals surface area contributed by atoms with Crippen molar-refractivity contribution in [2.45, 2.75) is 49.1 Å². The average Bonchev–Trinajstić information content (AvgIpc) is 3.54. The van der Waals surface area contributed by atoms with E-state index in [2.05, 4.69) is 0 Å². The van der Waals surface area contributed by atoms with E-state index in [9.17, 15) is 18.0 Å². The van der Waals surface area contributed by atoms with Crippen LogP contribution in [0.15, 0.2) is 70.4 Å². The molecular weight excluding hydrogens is 554 g/mol. The summed E-state index contributed by atoms with van der Waals surface area (Å²) in [6.07, 6.45) is 4.09. The average molecular weight is 588 g/mol. The first-order valence-electron chi connectivity index (χ1n) is 13.1. The number of hydrogen-bond acceptors (Lipinski definition) is 9. The number of piperidine rings is 1. The Hall–Kier alpha value is -4.03. The van der Waals surface area contributed by atoms with E-state index in [0.717, 1.165) is 11.8 Å². The number of rotatable bonds is 13. The van der Waals surface area contributed by atoms with E-state index in [1.807, 2.05) is 12.1 Å². The van der Waals surface area contributed by atoms with Crippen molar-refractivity contribution < 1.29 is 46.5 Å². The predicted molar refractivity (Wildman–Crippen MR) is 147 cm³/mol. The van der Waals surface area contributed by atoms with Gasteiger partial charge in [0.05, 0.1) is 20.5 Å². The molecule has 11 nitrogen and oxygen atoms in total. The summed E-state index contributed by atoms with van der Waals surface area (Å²) in [5, 5.41) is 8.99. The zero-order chi connectivity index (χ0) is 29.4. The van der Waals surface area contributed by atoms with E-state index >= 15 is 0 Å².